The molecule has 2 aromatic heterocycles. The average Bonchev–Trinajstić information content (AvgIpc) is 3.30. The molecule has 2 N–H and O–H groups in total. The molecule has 0 atom stereocenters. The Labute approximate surface area is 194 Å². The Morgan fingerprint density at radius 2 is 1.91 bits per heavy atom. The maximum absolute atomic E-state index is 11.8. The number of sulfone groups is 1. The zero-order valence-electron chi connectivity index (χ0n) is 17.1. The molecule has 4 aromatic rings. The summed E-state index contributed by atoms with van der Waals surface area (Å²) in [4.78, 5) is 11.3. The van der Waals surface area contributed by atoms with Gasteiger partial charge in [-0.15, -0.1) is 0 Å². The molecule has 10 heteroatoms. The highest BCUT2D eigenvalue weighted by Crippen LogP contribution is 2.27. The van der Waals surface area contributed by atoms with E-state index < -0.39 is 9.84 Å². The minimum Gasteiger partial charge on any atom is -0.324 e. The summed E-state index contributed by atoms with van der Waals surface area (Å²) in [7, 11) is -2.91. The highest BCUT2D eigenvalue weighted by molar-refractivity contribution is 9.10. The summed E-state index contributed by atoms with van der Waals surface area (Å²) >= 11 is 3.47. The Hall–Kier alpha value is -2.82. The van der Waals surface area contributed by atoms with Gasteiger partial charge in [-0.25, -0.2) is 18.4 Å². The van der Waals surface area contributed by atoms with Gasteiger partial charge in [0.05, 0.1) is 23.2 Å². The second-order valence-corrected chi connectivity index (χ2v) is 11.1. The number of H-pyrrole nitrogens is 1. The predicted molar refractivity (Wildman–Crippen MR) is 128 cm³/mol. The van der Waals surface area contributed by atoms with E-state index in [0.717, 1.165) is 37.8 Å². The minimum absolute atomic E-state index is 0.209. The highest BCUT2D eigenvalue weighted by atomic mass is 79.9. The first-order valence-corrected chi connectivity index (χ1v) is 12.8. The Bertz CT molecular complexity index is 1360. The van der Waals surface area contributed by atoms with Crippen LogP contribution in [-0.4, -0.2) is 58.1 Å². The van der Waals surface area contributed by atoms with Crippen molar-refractivity contribution in [2.75, 3.05) is 29.9 Å². The van der Waals surface area contributed by atoms with Crippen LogP contribution in [0.1, 0.15) is 5.56 Å². The van der Waals surface area contributed by atoms with Gasteiger partial charge < -0.3 is 5.32 Å². The number of nitrogens with zero attached hydrogens (tertiary/aromatic N) is 4. The predicted octanol–water partition coefficient (Wildman–Crippen LogP) is 3.76. The summed E-state index contributed by atoms with van der Waals surface area (Å²) in [6.45, 7) is 1.76. The normalized spacial score (nSPS) is 16.3. The second-order valence-electron chi connectivity index (χ2n) is 7.86. The van der Waals surface area contributed by atoms with Gasteiger partial charge in [0.2, 0.25) is 5.95 Å². The summed E-state index contributed by atoms with van der Waals surface area (Å²) in [5, 5.41) is 11.2. The van der Waals surface area contributed by atoms with E-state index in [4.69, 9.17) is 0 Å². The first-order chi connectivity index (χ1) is 15.4. The fraction of sp³-hybridized carbons (Fsp3) is 0.227. The number of aromatic amines is 1. The van der Waals surface area contributed by atoms with E-state index in [-0.39, 0.29) is 11.5 Å². The summed E-state index contributed by atoms with van der Waals surface area (Å²) in [6.07, 6.45) is 5.42. The molecule has 1 aliphatic rings. The van der Waals surface area contributed by atoms with E-state index in [1.807, 2.05) is 30.5 Å². The van der Waals surface area contributed by atoms with Gasteiger partial charge in [-0.3, -0.25) is 10.00 Å². The third-order valence-corrected chi connectivity index (χ3v) is 7.57. The number of anilines is 2. The van der Waals surface area contributed by atoms with E-state index in [1.54, 1.807) is 12.4 Å². The molecule has 32 heavy (non-hydrogen) atoms. The molecule has 3 heterocycles. The van der Waals surface area contributed by atoms with Gasteiger partial charge in [-0.2, -0.15) is 5.10 Å². The van der Waals surface area contributed by atoms with Crippen LogP contribution in [0.3, 0.4) is 0 Å². The van der Waals surface area contributed by atoms with Crippen molar-refractivity contribution < 1.29 is 8.42 Å². The van der Waals surface area contributed by atoms with E-state index in [2.05, 4.69) is 58.4 Å². The highest BCUT2D eigenvalue weighted by Gasteiger charge is 2.21. The Morgan fingerprint density at radius 3 is 2.69 bits per heavy atom. The molecule has 8 nitrogen and oxygen atoms in total. The van der Waals surface area contributed by atoms with Crippen molar-refractivity contribution >= 4 is 48.3 Å². The van der Waals surface area contributed by atoms with Crippen molar-refractivity contribution in [1.82, 2.24) is 25.1 Å². The van der Waals surface area contributed by atoms with Gasteiger partial charge in [0.1, 0.15) is 0 Å². The number of hydrogen-bond donors (Lipinski definition) is 2. The molecule has 2 aromatic carbocycles. The molecule has 0 bridgehead atoms. The summed E-state index contributed by atoms with van der Waals surface area (Å²) in [5.74, 6) is 0.931. The molecule has 0 saturated carbocycles. The average molecular weight is 513 g/mol. The number of halogens is 1. The number of nitrogens with one attached hydrogen (secondary N) is 2. The SMILES string of the molecule is O=S1(=O)CCN(Cc2cc(Nc3ncc4cc(Br)ccc4n3)cc(-c3cn[nH]c3)c2)CC1. The third kappa shape index (κ3) is 4.82. The Morgan fingerprint density at radius 1 is 1.06 bits per heavy atom. The maximum Gasteiger partial charge on any atom is 0.227 e. The smallest absolute Gasteiger partial charge is 0.227 e. The van der Waals surface area contributed by atoms with Gasteiger partial charge in [0, 0.05) is 53.1 Å². The van der Waals surface area contributed by atoms with E-state index in [9.17, 15) is 8.42 Å². The van der Waals surface area contributed by atoms with E-state index in [0.29, 0.717) is 25.6 Å². The van der Waals surface area contributed by atoms with Gasteiger partial charge in [-0.1, -0.05) is 15.9 Å². The number of rotatable bonds is 5. The molecule has 0 aliphatic carbocycles. The Balaban J connectivity index is 1.44. The maximum atomic E-state index is 11.8. The molecular weight excluding hydrogens is 492 g/mol. The lowest BCUT2D eigenvalue weighted by molar-refractivity contribution is 0.288. The first kappa shape index (κ1) is 21.0. The van der Waals surface area contributed by atoms with Crippen molar-refractivity contribution in [3.8, 4) is 11.1 Å². The van der Waals surface area contributed by atoms with Crippen molar-refractivity contribution in [2.45, 2.75) is 6.54 Å². The fourth-order valence-corrected chi connectivity index (χ4v) is 5.45. The number of aromatic nitrogens is 4. The molecule has 1 fully saturated rings. The Kier molecular flexibility index (Phi) is 5.66. The van der Waals surface area contributed by atoms with E-state index in [1.165, 1.54) is 0 Å². The number of hydrogen-bond acceptors (Lipinski definition) is 7. The van der Waals surface area contributed by atoms with Crippen molar-refractivity contribution in [2.24, 2.45) is 0 Å². The van der Waals surface area contributed by atoms with Crippen LogP contribution in [0.5, 0.6) is 0 Å². The van der Waals surface area contributed by atoms with Crippen molar-refractivity contribution in [3.05, 3.63) is 65.0 Å². The third-order valence-electron chi connectivity index (χ3n) is 5.47. The quantitative estimate of drug-likeness (QED) is 0.419. The molecule has 1 saturated heterocycles. The number of fused-ring (bicyclic) bond motifs is 1. The van der Waals surface area contributed by atoms with Crippen LogP contribution in [-0.2, 0) is 16.4 Å². The van der Waals surface area contributed by atoms with Crippen LogP contribution in [0, 0.1) is 0 Å². The lowest BCUT2D eigenvalue weighted by Gasteiger charge is -2.26. The molecular formula is C22H21BrN6O2S. The molecule has 0 amide bonds. The van der Waals surface area contributed by atoms with Crippen molar-refractivity contribution in [3.63, 3.8) is 0 Å². The second kappa shape index (κ2) is 8.61. The van der Waals surface area contributed by atoms with Crippen LogP contribution in [0.25, 0.3) is 22.0 Å². The zero-order chi connectivity index (χ0) is 22.1. The molecule has 0 radical (unpaired) electrons. The van der Waals surface area contributed by atoms with Crippen LogP contribution < -0.4 is 5.32 Å². The van der Waals surface area contributed by atoms with Crippen LogP contribution in [0.15, 0.2) is 59.5 Å². The van der Waals surface area contributed by atoms with E-state index >= 15 is 0 Å². The summed E-state index contributed by atoms with van der Waals surface area (Å²) in [6, 6.07) is 12.1. The van der Waals surface area contributed by atoms with Crippen LogP contribution in [0.4, 0.5) is 11.6 Å². The van der Waals surface area contributed by atoms with Gasteiger partial charge in [0.15, 0.2) is 9.84 Å². The molecule has 164 valence electrons. The largest absolute Gasteiger partial charge is 0.324 e. The topological polar surface area (TPSA) is 104 Å². The molecule has 0 spiro atoms. The van der Waals surface area contributed by atoms with Crippen LogP contribution >= 0.6 is 15.9 Å². The minimum atomic E-state index is -2.91. The molecule has 0 unspecified atom stereocenters. The van der Waals surface area contributed by atoms with Crippen molar-refractivity contribution in [1.29, 1.82) is 0 Å². The summed E-state index contributed by atoms with van der Waals surface area (Å²) in [5.41, 5.74) is 4.77. The monoisotopic (exact) mass is 512 g/mol. The van der Waals surface area contributed by atoms with Gasteiger partial charge in [0.25, 0.3) is 0 Å². The molecule has 5 rings (SSSR count). The standard InChI is InChI=1S/C22H21BrN6O2S/c23-19-1-2-21-17(9-19)11-24-22(28-21)27-20-8-15(7-16(10-20)18-12-25-26-13-18)14-29-3-5-32(30,31)6-4-29/h1-2,7-13H,3-6,14H2,(H,25,26)(H,24,27,28). The fourth-order valence-electron chi connectivity index (χ4n) is 3.79. The number of benzene rings is 2. The zero-order valence-corrected chi connectivity index (χ0v) is 19.5. The van der Waals surface area contributed by atoms with Gasteiger partial charge in [-0.05, 0) is 47.5 Å². The lowest BCUT2D eigenvalue weighted by Crippen LogP contribution is -2.39. The first-order valence-electron chi connectivity index (χ1n) is 10.2. The summed E-state index contributed by atoms with van der Waals surface area (Å²) < 4.78 is 24.5. The van der Waals surface area contributed by atoms with Gasteiger partial charge >= 0.3 is 0 Å². The molecule has 1 aliphatic heterocycles. The van der Waals surface area contributed by atoms with Crippen LogP contribution in [0.2, 0.25) is 0 Å². The lowest BCUT2D eigenvalue weighted by atomic mass is 10.0.